The fraction of sp³-hybridized carbons (Fsp3) is 0.0667. The second kappa shape index (κ2) is 6.51. The smallest absolute Gasteiger partial charge is 0.335 e. The molecule has 0 atom stereocenters. The Morgan fingerprint density at radius 1 is 1.05 bits per heavy atom. The molecule has 5 nitrogen and oxygen atoms in total. The lowest BCUT2D eigenvalue weighted by Crippen LogP contribution is -2.13. The Morgan fingerprint density at radius 3 is 2.24 bits per heavy atom. The summed E-state index contributed by atoms with van der Waals surface area (Å²) >= 11 is 3.26. The average molecular weight is 350 g/mol. The molecule has 21 heavy (non-hydrogen) atoms. The zero-order chi connectivity index (χ0) is 15.4. The number of rotatable bonds is 4. The van der Waals surface area contributed by atoms with Gasteiger partial charge in [-0.25, -0.2) is 4.79 Å². The zero-order valence-electron chi connectivity index (χ0n) is 10.8. The minimum Gasteiger partial charge on any atom is -0.478 e. The molecule has 0 saturated carbocycles. The van der Waals surface area contributed by atoms with Crippen molar-refractivity contribution in [2.75, 3.05) is 5.32 Å². The average Bonchev–Trinajstić information content (AvgIpc) is 2.49. The van der Waals surface area contributed by atoms with Gasteiger partial charge in [0.05, 0.1) is 17.9 Å². The van der Waals surface area contributed by atoms with Crippen molar-refractivity contribution in [3.05, 3.63) is 63.6 Å². The molecule has 108 valence electrons. The fourth-order valence-electron chi connectivity index (χ4n) is 1.71. The van der Waals surface area contributed by atoms with Gasteiger partial charge >= 0.3 is 5.97 Å². The fourth-order valence-corrected chi connectivity index (χ4v) is 2.06. The Hall–Kier alpha value is -2.18. The molecular formula is C15H12BrNO4. The van der Waals surface area contributed by atoms with Crippen molar-refractivity contribution in [3.63, 3.8) is 0 Å². The quantitative estimate of drug-likeness (QED) is 0.791. The van der Waals surface area contributed by atoms with E-state index in [9.17, 15) is 9.59 Å². The van der Waals surface area contributed by atoms with Gasteiger partial charge in [0.15, 0.2) is 0 Å². The number of aromatic carboxylic acids is 1. The number of benzene rings is 2. The highest BCUT2D eigenvalue weighted by Gasteiger charge is 2.11. The summed E-state index contributed by atoms with van der Waals surface area (Å²) in [5, 5.41) is 20.6. The summed E-state index contributed by atoms with van der Waals surface area (Å²) in [6.07, 6.45) is 0. The van der Waals surface area contributed by atoms with Gasteiger partial charge in [0, 0.05) is 10.0 Å². The van der Waals surface area contributed by atoms with Crippen molar-refractivity contribution in [3.8, 4) is 0 Å². The molecule has 0 heterocycles. The van der Waals surface area contributed by atoms with Crippen LogP contribution in [0.1, 0.15) is 26.3 Å². The second-order valence-corrected chi connectivity index (χ2v) is 5.16. The van der Waals surface area contributed by atoms with E-state index in [1.807, 2.05) is 0 Å². The summed E-state index contributed by atoms with van der Waals surface area (Å²) in [5.41, 5.74) is 1.59. The molecule has 0 aromatic heterocycles. The molecular weight excluding hydrogens is 338 g/mol. The van der Waals surface area contributed by atoms with Crippen LogP contribution < -0.4 is 5.32 Å². The van der Waals surface area contributed by atoms with Crippen LogP contribution in [-0.2, 0) is 6.61 Å². The number of amides is 1. The predicted molar refractivity (Wildman–Crippen MR) is 81.4 cm³/mol. The molecule has 0 aliphatic carbocycles. The van der Waals surface area contributed by atoms with Gasteiger partial charge in [-0.15, -0.1) is 0 Å². The Morgan fingerprint density at radius 2 is 1.67 bits per heavy atom. The highest BCUT2D eigenvalue weighted by Crippen LogP contribution is 2.24. The van der Waals surface area contributed by atoms with Gasteiger partial charge in [0.1, 0.15) is 0 Å². The van der Waals surface area contributed by atoms with Crippen LogP contribution in [0, 0.1) is 0 Å². The van der Waals surface area contributed by atoms with Crippen LogP contribution in [0.3, 0.4) is 0 Å². The number of anilines is 1. The second-order valence-electron chi connectivity index (χ2n) is 4.31. The highest BCUT2D eigenvalue weighted by atomic mass is 79.9. The maximum absolute atomic E-state index is 12.1. The summed E-state index contributed by atoms with van der Waals surface area (Å²) in [4.78, 5) is 23.0. The van der Waals surface area contributed by atoms with Gasteiger partial charge in [-0.2, -0.15) is 0 Å². The van der Waals surface area contributed by atoms with E-state index in [2.05, 4.69) is 21.2 Å². The number of hydrogen-bond donors (Lipinski definition) is 3. The molecule has 0 radical (unpaired) electrons. The first-order valence-electron chi connectivity index (χ1n) is 6.05. The largest absolute Gasteiger partial charge is 0.478 e. The van der Waals surface area contributed by atoms with Gasteiger partial charge in [-0.1, -0.05) is 12.1 Å². The molecule has 0 bridgehead atoms. The number of carboxylic acid groups (broad SMARTS) is 1. The van der Waals surface area contributed by atoms with Gasteiger partial charge in [-0.3, -0.25) is 4.79 Å². The number of aliphatic hydroxyl groups is 1. The SMILES string of the molecule is O=C(O)c1ccc(Br)c(NC(=O)c2ccc(CO)cc2)c1. The number of halogens is 1. The number of carboxylic acids is 1. The van der Waals surface area contributed by atoms with Crippen molar-refractivity contribution in [1.82, 2.24) is 0 Å². The first kappa shape index (κ1) is 15.2. The zero-order valence-corrected chi connectivity index (χ0v) is 12.4. The molecule has 0 fully saturated rings. The van der Waals surface area contributed by atoms with Crippen molar-refractivity contribution < 1.29 is 19.8 Å². The minimum absolute atomic E-state index is 0.0872. The van der Waals surface area contributed by atoms with Gasteiger partial charge in [0.2, 0.25) is 0 Å². The molecule has 2 aromatic carbocycles. The lowest BCUT2D eigenvalue weighted by Gasteiger charge is -2.09. The monoisotopic (exact) mass is 349 g/mol. The third kappa shape index (κ3) is 3.68. The lowest BCUT2D eigenvalue weighted by molar-refractivity contribution is 0.0696. The standard InChI is InChI=1S/C15H12BrNO4/c16-12-6-5-11(15(20)21)7-13(12)17-14(19)10-3-1-9(8-18)2-4-10/h1-7,18H,8H2,(H,17,19)(H,20,21). The van der Waals surface area contributed by atoms with Crippen LogP contribution in [0.2, 0.25) is 0 Å². The number of aliphatic hydroxyl groups excluding tert-OH is 1. The molecule has 0 aliphatic rings. The van der Waals surface area contributed by atoms with E-state index in [1.165, 1.54) is 12.1 Å². The highest BCUT2D eigenvalue weighted by molar-refractivity contribution is 9.10. The third-order valence-electron chi connectivity index (χ3n) is 2.86. The molecule has 2 rings (SSSR count). The summed E-state index contributed by atoms with van der Waals surface area (Å²) < 4.78 is 0.591. The van der Waals surface area contributed by atoms with Gasteiger partial charge in [-0.05, 0) is 51.8 Å². The van der Waals surface area contributed by atoms with Crippen LogP contribution in [0.4, 0.5) is 5.69 Å². The van der Waals surface area contributed by atoms with Gasteiger partial charge < -0.3 is 15.5 Å². The Balaban J connectivity index is 2.22. The summed E-state index contributed by atoms with van der Waals surface area (Å²) in [7, 11) is 0. The van der Waals surface area contributed by atoms with Crippen LogP contribution in [0.15, 0.2) is 46.9 Å². The van der Waals surface area contributed by atoms with E-state index >= 15 is 0 Å². The number of carbonyl (C=O) groups excluding carboxylic acids is 1. The number of hydrogen-bond acceptors (Lipinski definition) is 3. The van der Waals surface area contributed by atoms with E-state index < -0.39 is 5.97 Å². The van der Waals surface area contributed by atoms with Crippen molar-refractivity contribution in [2.45, 2.75) is 6.61 Å². The summed E-state index contributed by atoms with van der Waals surface area (Å²) in [6, 6.07) is 10.9. The van der Waals surface area contributed by atoms with E-state index in [4.69, 9.17) is 10.2 Å². The van der Waals surface area contributed by atoms with Gasteiger partial charge in [0.25, 0.3) is 5.91 Å². The van der Waals surface area contributed by atoms with Crippen molar-refractivity contribution in [1.29, 1.82) is 0 Å². The van der Waals surface area contributed by atoms with Crippen LogP contribution in [0.25, 0.3) is 0 Å². The van der Waals surface area contributed by atoms with Crippen molar-refractivity contribution in [2.24, 2.45) is 0 Å². The normalized spacial score (nSPS) is 10.2. The molecule has 1 amide bonds. The van der Waals surface area contributed by atoms with Crippen molar-refractivity contribution >= 4 is 33.5 Å². The maximum Gasteiger partial charge on any atom is 0.335 e. The number of nitrogens with one attached hydrogen (secondary N) is 1. The molecule has 2 aromatic rings. The first-order chi connectivity index (χ1) is 10.0. The molecule has 3 N–H and O–H groups in total. The van der Waals surface area contributed by atoms with E-state index in [1.54, 1.807) is 30.3 Å². The first-order valence-corrected chi connectivity index (χ1v) is 6.84. The topological polar surface area (TPSA) is 86.6 Å². The third-order valence-corrected chi connectivity index (χ3v) is 3.55. The Labute approximate surface area is 129 Å². The molecule has 0 saturated heterocycles. The Kier molecular flexibility index (Phi) is 4.72. The van der Waals surface area contributed by atoms with E-state index in [-0.39, 0.29) is 18.1 Å². The van der Waals surface area contributed by atoms with Crippen LogP contribution in [-0.4, -0.2) is 22.1 Å². The minimum atomic E-state index is -1.06. The number of carbonyl (C=O) groups is 2. The lowest BCUT2D eigenvalue weighted by atomic mass is 10.1. The molecule has 6 heteroatoms. The molecule has 0 aliphatic heterocycles. The van der Waals surface area contributed by atoms with E-state index in [0.717, 1.165) is 0 Å². The van der Waals surface area contributed by atoms with Crippen LogP contribution in [0.5, 0.6) is 0 Å². The summed E-state index contributed by atoms with van der Waals surface area (Å²) in [6.45, 7) is -0.0892. The van der Waals surface area contributed by atoms with Crippen LogP contribution >= 0.6 is 15.9 Å². The van der Waals surface area contributed by atoms with E-state index in [0.29, 0.717) is 21.3 Å². The predicted octanol–water partition coefficient (Wildman–Crippen LogP) is 2.89. The molecule has 0 spiro atoms. The summed E-state index contributed by atoms with van der Waals surface area (Å²) in [5.74, 6) is -1.42. The maximum atomic E-state index is 12.1. The molecule has 0 unspecified atom stereocenters. The Bertz CT molecular complexity index is 683.